The molecular weight excluding hydrogens is 286 g/mol. The van der Waals surface area contributed by atoms with E-state index in [9.17, 15) is 10.1 Å². The number of nitrogens with one attached hydrogen (secondary N) is 1. The Kier molecular flexibility index (Phi) is 5.65. The Morgan fingerprint density at radius 1 is 1.35 bits per heavy atom. The number of rotatable bonds is 4. The predicted molar refractivity (Wildman–Crippen MR) is 92.9 cm³/mol. The second-order valence-corrected chi connectivity index (χ2v) is 6.79. The Balaban J connectivity index is 2.31. The van der Waals surface area contributed by atoms with Crippen LogP contribution in [0.4, 0.5) is 0 Å². The smallest absolute Gasteiger partial charge is 0.262 e. The van der Waals surface area contributed by atoms with Crippen molar-refractivity contribution in [1.82, 2.24) is 9.88 Å². The standard InChI is InChI=1S/C19H27N3O/c1-13(2)21-19(23)17(12-20)11-16-10-14(3)22(15(16)4)18-8-6-5-7-9-18/h10-11,13,18H,5-9H2,1-4H3,(H,21,23)/b17-11+. The molecule has 1 amide bonds. The molecule has 1 aromatic heterocycles. The average Bonchev–Trinajstić information content (AvgIpc) is 2.79. The minimum absolute atomic E-state index is 0.0221. The first-order chi connectivity index (χ1) is 10.9. The molecule has 2 rings (SSSR count). The van der Waals surface area contributed by atoms with Crippen LogP contribution in [0, 0.1) is 25.2 Å². The largest absolute Gasteiger partial charge is 0.349 e. The number of hydrogen-bond acceptors (Lipinski definition) is 2. The van der Waals surface area contributed by atoms with Gasteiger partial charge in [0.15, 0.2) is 0 Å². The zero-order valence-electron chi connectivity index (χ0n) is 14.6. The van der Waals surface area contributed by atoms with Gasteiger partial charge in [0, 0.05) is 23.5 Å². The van der Waals surface area contributed by atoms with Crippen LogP contribution in [0.1, 0.15) is 68.9 Å². The van der Waals surface area contributed by atoms with E-state index in [2.05, 4.69) is 29.8 Å². The van der Waals surface area contributed by atoms with Crippen molar-refractivity contribution in [2.45, 2.75) is 71.9 Å². The van der Waals surface area contributed by atoms with Gasteiger partial charge in [-0.2, -0.15) is 5.26 Å². The van der Waals surface area contributed by atoms with Crippen LogP contribution in [0.2, 0.25) is 0 Å². The zero-order chi connectivity index (χ0) is 17.0. The summed E-state index contributed by atoms with van der Waals surface area (Å²) < 4.78 is 2.39. The normalized spacial score (nSPS) is 16.4. The highest BCUT2D eigenvalue weighted by molar-refractivity contribution is 6.01. The fraction of sp³-hybridized carbons (Fsp3) is 0.579. The van der Waals surface area contributed by atoms with Gasteiger partial charge >= 0.3 is 0 Å². The number of carbonyl (C=O) groups excluding carboxylic acids is 1. The van der Waals surface area contributed by atoms with Crippen LogP contribution >= 0.6 is 0 Å². The number of nitriles is 1. The molecule has 0 saturated heterocycles. The zero-order valence-corrected chi connectivity index (χ0v) is 14.6. The van der Waals surface area contributed by atoms with E-state index in [1.54, 1.807) is 6.08 Å². The van der Waals surface area contributed by atoms with Crippen LogP contribution in [0.15, 0.2) is 11.6 Å². The van der Waals surface area contributed by atoms with E-state index < -0.39 is 0 Å². The van der Waals surface area contributed by atoms with Crippen molar-refractivity contribution in [1.29, 1.82) is 5.26 Å². The quantitative estimate of drug-likeness (QED) is 0.673. The Hall–Kier alpha value is -2.02. The van der Waals surface area contributed by atoms with E-state index in [-0.39, 0.29) is 17.5 Å². The molecule has 0 atom stereocenters. The summed E-state index contributed by atoms with van der Waals surface area (Å²) in [5, 5.41) is 12.1. The minimum atomic E-state index is -0.301. The van der Waals surface area contributed by atoms with Crippen molar-refractivity contribution in [2.75, 3.05) is 0 Å². The number of hydrogen-bond donors (Lipinski definition) is 1. The number of nitrogens with zero attached hydrogens (tertiary/aromatic N) is 2. The SMILES string of the molecule is Cc1cc(/C=C(\C#N)C(=O)NC(C)C)c(C)n1C1CCCCC1. The fourth-order valence-electron chi connectivity index (χ4n) is 3.49. The topological polar surface area (TPSA) is 57.8 Å². The van der Waals surface area contributed by atoms with Gasteiger partial charge in [0.05, 0.1) is 0 Å². The number of aryl methyl sites for hydroxylation is 1. The summed E-state index contributed by atoms with van der Waals surface area (Å²) in [6.07, 6.45) is 8.06. The van der Waals surface area contributed by atoms with Crippen molar-refractivity contribution >= 4 is 12.0 Å². The Labute approximate surface area is 139 Å². The lowest BCUT2D eigenvalue weighted by atomic mass is 9.95. The summed E-state index contributed by atoms with van der Waals surface area (Å²) in [5.74, 6) is -0.301. The molecule has 0 spiro atoms. The highest BCUT2D eigenvalue weighted by Crippen LogP contribution is 2.32. The van der Waals surface area contributed by atoms with E-state index >= 15 is 0 Å². The molecule has 4 heteroatoms. The van der Waals surface area contributed by atoms with Gasteiger partial charge in [-0.15, -0.1) is 0 Å². The molecule has 0 radical (unpaired) electrons. The Morgan fingerprint density at radius 3 is 2.57 bits per heavy atom. The second kappa shape index (κ2) is 7.50. The maximum absolute atomic E-state index is 12.1. The molecule has 0 bridgehead atoms. The summed E-state index contributed by atoms with van der Waals surface area (Å²) in [7, 11) is 0. The summed E-state index contributed by atoms with van der Waals surface area (Å²) in [6, 6.07) is 4.70. The van der Waals surface area contributed by atoms with Gasteiger partial charge in [-0.3, -0.25) is 4.79 Å². The lowest BCUT2D eigenvalue weighted by Crippen LogP contribution is -2.30. The van der Waals surface area contributed by atoms with Crippen molar-refractivity contribution in [2.24, 2.45) is 0 Å². The van der Waals surface area contributed by atoms with Crippen LogP contribution in [0.3, 0.4) is 0 Å². The van der Waals surface area contributed by atoms with Gasteiger partial charge in [-0.25, -0.2) is 0 Å². The monoisotopic (exact) mass is 313 g/mol. The molecule has 23 heavy (non-hydrogen) atoms. The van der Waals surface area contributed by atoms with E-state index in [4.69, 9.17) is 0 Å². The first-order valence-corrected chi connectivity index (χ1v) is 8.55. The Morgan fingerprint density at radius 2 is 2.00 bits per heavy atom. The third-order valence-corrected chi connectivity index (χ3v) is 4.55. The lowest BCUT2D eigenvalue weighted by molar-refractivity contribution is -0.117. The molecule has 1 fully saturated rings. The van der Waals surface area contributed by atoms with Crippen molar-refractivity contribution in [3.63, 3.8) is 0 Å². The molecular formula is C19H27N3O. The van der Waals surface area contributed by atoms with Gasteiger partial charge in [0.25, 0.3) is 5.91 Å². The van der Waals surface area contributed by atoms with Crippen LogP contribution < -0.4 is 5.32 Å². The molecule has 1 aromatic rings. The summed E-state index contributed by atoms with van der Waals surface area (Å²) in [6.45, 7) is 7.98. The molecule has 0 unspecified atom stereocenters. The van der Waals surface area contributed by atoms with Crippen molar-refractivity contribution in [3.05, 3.63) is 28.6 Å². The van der Waals surface area contributed by atoms with Gasteiger partial charge in [0.2, 0.25) is 0 Å². The second-order valence-electron chi connectivity index (χ2n) is 6.79. The maximum atomic E-state index is 12.1. The van der Waals surface area contributed by atoms with Gasteiger partial charge < -0.3 is 9.88 Å². The molecule has 1 heterocycles. The molecule has 4 nitrogen and oxygen atoms in total. The van der Waals surface area contributed by atoms with Crippen LogP contribution in [-0.4, -0.2) is 16.5 Å². The molecule has 1 aliphatic rings. The fourth-order valence-corrected chi connectivity index (χ4v) is 3.49. The molecule has 124 valence electrons. The third kappa shape index (κ3) is 4.04. The Bertz CT molecular complexity index is 640. The molecule has 0 aliphatic heterocycles. The van der Waals surface area contributed by atoms with Gasteiger partial charge in [-0.05, 0) is 58.2 Å². The summed E-state index contributed by atoms with van der Waals surface area (Å²) in [4.78, 5) is 12.1. The minimum Gasteiger partial charge on any atom is -0.349 e. The molecule has 1 saturated carbocycles. The van der Waals surface area contributed by atoms with E-state index in [1.807, 2.05) is 19.9 Å². The highest BCUT2D eigenvalue weighted by atomic mass is 16.1. The predicted octanol–water partition coefficient (Wildman–Crippen LogP) is 4.04. The molecule has 0 aromatic carbocycles. The first-order valence-electron chi connectivity index (χ1n) is 8.55. The summed E-state index contributed by atoms with van der Waals surface area (Å²) in [5.41, 5.74) is 3.51. The van der Waals surface area contributed by atoms with Crippen LogP contribution in [0.25, 0.3) is 6.08 Å². The van der Waals surface area contributed by atoms with Crippen LogP contribution in [0.5, 0.6) is 0 Å². The molecule has 1 N–H and O–H groups in total. The average molecular weight is 313 g/mol. The van der Waals surface area contributed by atoms with E-state index in [1.165, 1.54) is 37.8 Å². The van der Waals surface area contributed by atoms with E-state index in [0.29, 0.717) is 6.04 Å². The third-order valence-electron chi connectivity index (χ3n) is 4.55. The first kappa shape index (κ1) is 17.3. The van der Waals surface area contributed by atoms with Gasteiger partial charge in [-0.1, -0.05) is 19.3 Å². The number of carbonyl (C=O) groups is 1. The highest BCUT2D eigenvalue weighted by Gasteiger charge is 2.20. The lowest BCUT2D eigenvalue weighted by Gasteiger charge is -2.26. The number of aromatic nitrogens is 1. The van der Waals surface area contributed by atoms with Crippen molar-refractivity contribution in [3.8, 4) is 6.07 Å². The van der Waals surface area contributed by atoms with E-state index in [0.717, 1.165) is 11.3 Å². The summed E-state index contributed by atoms with van der Waals surface area (Å²) >= 11 is 0. The maximum Gasteiger partial charge on any atom is 0.262 e. The number of amides is 1. The van der Waals surface area contributed by atoms with Gasteiger partial charge in [0.1, 0.15) is 11.6 Å². The molecule has 1 aliphatic carbocycles. The van der Waals surface area contributed by atoms with Crippen LogP contribution in [-0.2, 0) is 4.79 Å². The van der Waals surface area contributed by atoms with Crippen molar-refractivity contribution < 1.29 is 4.79 Å².